The summed E-state index contributed by atoms with van der Waals surface area (Å²) in [6.45, 7) is 7.00. The van der Waals surface area contributed by atoms with Crippen LogP contribution in [0.1, 0.15) is 32.6 Å². The summed E-state index contributed by atoms with van der Waals surface area (Å²) >= 11 is 0. The third-order valence-corrected chi connectivity index (χ3v) is 3.37. The van der Waals surface area contributed by atoms with Crippen LogP contribution in [0.25, 0.3) is 0 Å². The fourth-order valence-corrected chi connectivity index (χ4v) is 2.52. The van der Waals surface area contributed by atoms with Crippen molar-refractivity contribution in [3.63, 3.8) is 0 Å². The standard InChI is InChI=1S/C13H26N4O2/c1-2-7-17(8-5-12(18)16-13(14)19)10-11-4-3-6-15-9-11/h11,15H,2-10H2,1H3,(H3,14,16,18,19). The van der Waals surface area contributed by atoms with Gasteiger partial charge >= 0.3 is 6.03 Å². The number of nitrogens with two attached hydrogens (primary N) is 1. The van der Waals surface area contributed by atoms with E-state index in [-0.39, 0.29) is 5.91 Å². The van der Waals surface area contributed by atoms with E-state index in [1.165, 1.54) is 12.8 Å². The number of hydrogen-bond acceptors (Lipinski definition) is 4. The maximum absolute atomic E-state index is 11.4. The monoisotopic (exact) mass is 270 g/mol. The van der Waals surface area contributed by atoms with Crippen molar-refractivity contribution in [2.24, 2.45) is 11.7 Å². The predicted molar refractivity (Wildman–Crippen MR) is 74.7 cm³/mol. The quantitative estimate of drug-likeness (QED) is 0.620. The van der Waals surface area contributed by atoms with E-state index in [1.807, 2.05) is 0 Å². The number of piperidine rings is 1. The molecule has 0 aromatic carbocycles. The van der Waals surface area contributed by atoms with Crippen LogP contribution >= 0.6 is 0 Å². The van der Waals surface area contributed by atoms with E-state index in [0.29, 0.717) is 18.9 Å². The average molecular weight is 270 g/mol. The average Bonchev–Trinajstić information content (AvgIpc) is 2.37. The molecule has 110 valence electrons. The molecule has 6 heteroatoms. The zero-order chi connectivity index (χ0) is 14.1. The first-order valence-electron chi connectivity index (χ1n) is 7.14. The van der Waals surface area contributed by atoms with Crippen molar-refractivity contribution >= 4 is 11.9 Å². The second-order valence-electron chi connectivity index (χ2n) is 5.18. The fraction of sp³-hybridized carbons (Fsp3) is 0.846. The van der Waals surface area contributed by atoms with Crippen molar-refractivity contribution < 1.29 is 9.59 Å². The van der Waals surface area contributed by atoms with E-state index in [2.05, 4.69) is 22.5 Å². The molecule has 1 saturated heterocycles. The van der Waals surface area contributed by atoms with Crippen LogP contribution in [0.4, 0.5) is 4.79 Å². The number of urea groups is 1. The van der Waals surface area contributed by atoms with Gasteiger partial charge in [-0.15, -0.1) is 0 Å². The number of hydrogen-bond donors (Lipinski definition) is 3. The molecule has 0 spiro atoms. The smallest absolute Gasteiger partial charge is 0.318 e. The Morgan fingerprint density at radius 1 is 1.42 bits per heavy atom. The molecule has 0 bridgehead atoms. The minimum absolute atomic E-state index is 0.296. The van der Waals surface area contributed by atoms with Gasteiger partial charge in [0.1, 0.15) is 0 Å². The Labute approximate surface area is 115 Å². The van der Waals surface area contributed by atoms with E-state index < -0.39 is 6.03 Å². The van der Waals surface area contributed by atoms with Gasteiger partial charge in [-0.2, -0.15) is 0 Å². The molecule has 0 saturated carbocycles. The zero-order valence-electron chi connectivity index (χ0n) is 11.8. The lowest BCUT2D eigenvalue weighted by Crippen LogP contribution is -2.41. The summed E-state index contributed by atoms with van der Waals surface area (Å²) in [5.74, 6) is 0.370. The number of nitrogens with one attached hydrogen (secondary N) is 2. The van der Waals surface area contributed by atoms with Crippen LogP contribution in [-0.2, 0) is 4.79 Å². The Kier molecular flexibility index (Phi) is 7.43. The molecule has 1 heterocycles. The first kappa shape index (κ1) is 15.9. The van der Waals surface area contributed by atoms with Gasteiger partial charge in [0.05, 0.1) is 0 Å². The Morgan fingerprint density at radius 3 is 2.79 bits per heavy atom. The second kappa shape index (κ2) is 8.87. The van der Waals surface area contributed by atoms with Crippen LogP contribution in [-0.4, -0.2) is 49.6 Å². The number of primary amides is 1. The number of rotatable bonds is 7. The topological polar surface area (TPSA) is 87.5 Å². The third kappa shape index (κ3) is 7.12. The van der Waals surface area contributed by atoms with Crippen LogP contribution in [0, 0.1) is 5.92 Å². The maximum Gasteiger partial charge on any atom is 0.318 e. The molecule has 1 unspecified atom stereocenters. The summed E-state index contributed by atoms with van der Waals surface area (Å²) in [6, 6.07) is -0.775. The minimum atomic E-state index is -0.775. The molecule has 6 nitrogen and oxygen atoms in total. The fourth-order valence-electron chi connectivity index (χ4n) is 2.52. The Balaban J connectivity index is 2.30. The molecule has 0 aromatic rings. The van der Waals surface area contributed by atoms with Crippen molar-refractivity contribution in [1.82, 2.24) is 15.5 Å². The summed E-state index contributed by atoms with van der Waals surface area (Å²) in [5, 5.41) is 5.51. The number of amides is 3. The molecular weight excluding hydrogens is 244 g/mol. The van der Waals surface area contributed by atoms with E-state index >= 15 is 0 Å². The number of imide groups is 1. The van der Waals surface area contributed by atoms with Crippen molar-refractivity contribution in [2.45, 2.75) is 32.6 Å². The van der Waals surface area contributed by atoms with Crippen LogP contribution in [0.3, 0.4) is 0 Å². The van der Waals surface area contributed by atoms with Gasteiger partial charge in [0.15, 0.2) is 0 Å². The van der Waals surface area contributed by atoms with Gasteiger partial charge in [0.2, 0.25) is 5.91 Å². The summed E-state index contributed by atoms with van der Waals surface area (Å²) in [5.41, 5.74) is 4.92. The number of nitrogens with zero attached hydrogens (tertiary/aromatic N) is 1. The van der Waals surface area contributed by atoms with E-state index in [0.717, 1.165) is 32.6 Å². The summed E-state index contributed by atoms with van der Waals surface area (Å²) in [6.07, 6.45) is 3.87. The molecule has 4 N–H and O–H groups in total. The van der Waals surface area contributed by atoms with E-state index in [9.17, 15) is 9.59 Å². The molecule has 0 radical (unpaired) electrons. The Hall–Kier alpha value is -1.14. The molecule has 19 heavy (non-hydrogen) atoms. The van der Waals surface area contributed by atoms with Crippen molar-refractivity contribution in [1.29, 1.82) is 0 Å². The van der Waals surface area contributed by atoms with Crippen LogP contribution in [0.5, 0.6) is 0 Å². The van der Waals surface area contributed by atoms with Gasteiger partial charge in [0.25, 0.3) is 0 Å². The lowest BCUT2D eigenvalue weighted by atomic mass is 9.99. The van der Waals surface area contributed by atoms with Crippen LogP contribution < -0.4 is 16.4 Å². The first-order chi connectivity index (χ1) is 9.11. The Morgan fingerprint density at radius 2 is 2.21 bits per heavy atom. The molecule has 1 aliphatic heterocycles. The van der Waals surface area contributed by atoms with Gasteiger partial charge in [-0.05, 0) is 44.8 Å². The summed E-state index contributed by atoms with van der Waals surface area (Å²) in [7, 11) is 0. The molecule has 0 aliphatic carbocycles. The molecule has 1 atom stereocenters. The third-order valence-electron chi connectivity index (χ3n) is 3.37. The largest absolute Gasteiger partial charge is 0.351 e. The molecule has 1 fully saturated rings. The molecule has 1 rings (SSSR count). The second-order valence-corrected chi connectivity index (χ2v) is 5.18. The van der Waals surface area contributed by atoms with E-state index in [4.69, 9.17) is 5.73 Å². The highest BCUT2D eigenvalue weighted by Gasteiger charge is 2.17. The minimum Gasteiger partial charge on any atom is -0.351 e. The van der Waals surface area contributed by atoms with Crippen LogP contribution in [0.2, 0.25) is 0 Å². The normalized spacial score (nSPS) is 19.4. The number of carbonyl (C=O) groups excluding carboxylic acids is 2. The number of carbonyl (C=O) groups is 2. The van der Waals surface area contributed by atoms with Gasteiger partial charge in [-0.25, -0.2) is 4.79 Å². The highest BCUT2D eigenvalue weighted by Crippen LogP contribution is 2.12. The lowest BCUT2D eigenvalue weighted by Gasteiger charge is -2.29. The maximum atomic E-state index is 11.4. The van der Waals surface area contributed by atoms with Crippen molar-refractivity contribution in [3.05, 3.63) is 0 Å². The van der Waals surface area contributed by atoms with Gasteiger partial charge < -0.3 is 16.0 Å². The highest BCUT2D eigenvalue weighted by atomic mass is 16.2. The van der Waals surface area contributed by atoms with Gasteiger partial charge in [-0.3, -0.25) is 10.1 Å². The zero-order valence-corrected chi connectivity index (χ0v) is 11.8. The van der Waals surface area contributed by atoms with Crippen molar-refractivity contribution in [2.75, 3.05) is 32.7 Å². The molecular formula is C13H26N4O2. The summed E-state index contributed by atoms with van der Waals surface area (Å²) in [4.78, 5) is 24.3. The molecule has 0 aromatic heterocycles. The first-order valence-corrected chi connectivity index (χ1v) is 7.14. The lowest BCUT2D eigenvalue weighted by molar-refractivity contribution is -0.120. The van der Waals surface area contributed by atoms with Gasteiger partial charge in [-0.1, -0.05) is 6.92 Å². The van der Waals surface area contributed by atoms with Gasteiger partial charge in [0, 0.05) is 19.5 Å². The van der Waals surface area contributed by atoms with Crippen LogP contribution in [0.15, 0.2) is 0 Å². The molecule has 3 amide bonds. The molecule has 1 aliphatic rings. The Bertz CT molecular complexity index is 290. The summed E-state index contributed by atoms with van der Waals surface area (Å²) < 4.78 is 0. The highest BCUT2D eigenvalue weighted by molar-refractivity contribution is 5.93. The predicted octanol–water partition coefficient (Wildman–Crippen LogP) is 0.283. The van der Waals surface area contributed by atoms with E-state index in [1.54, 1.807) is 0 Å². The SMILES string of the molecule is CCCN(CCC(=O)NC(N)=O)CC1CCCNC1. The van der Waals surface area contributed by atoms with Crippen molar-refractivity contribution in [3.8, 4) is 0 Å².